The fourth-order valence-electron chi connectivity index (χ4n) is 4.55. The first-order valence-electron chi connectivity index (χ1n) is 10.3. The number of carbonyl (C=O) groups excluding carboxylic acids is 1. The first-order chi connectivity index (χ1) is 14.6. The standard InChI is InChI=1S/C23H22FN5O/c1-15-7-6-8-16-13-17(22-25-26-27-29(22)21(15)16)14-28(18-9-2-3-10-18)23(30)19-11-4-5-12-20(19)24/h4-8,11-13,18H,2-3,9-10,14H2,1H3. The van der Waals surface area contributed by atoms with E-state index in [-0.39, 0.29) is 17.5 Å². The van der Waals surface area contributed by atoms with Crippen LogP contribution in [0.3, 0.4) is 0 Å². The predicted octanol–water partition coefficient (Wildman–Crippen LogP) is 4.31. The van der Waals surface area contributed by atoms with Crippen molar-refractivity contribution in [1.29, 1.82) is 0 Å². The van der Waals surface area contributed by atoms with Gasteiger partial charge in [0.2, 0.25) is 0 Å². The Bertz CT molecular complexity index is 1250. The van der Waals surface area contributed by atoms with Gasteiger partial charge in [0.25, 0.3) is 5.91 Å². The van der Waals surface area contributed by atoms with Gasteiger partial charge in [-0.2, -0.15) is 4.52 Å². The van der Waals surface area contributed by atoms with E-state index in [2.05, 4.69) is 15.5 Å². The molecule has 1 aliphatic rings. The van der Waals surface area contributed by atoms with Crippen molar-refractivity contribution in [2.75, 3.05) is 0 Å². The minimum atomic E-state index is -0.492. The predicted molar refractivity (Wildman–Crippen MR) is 112 cm³/mol. The number of carbonyl (C=O) groups is 1. The quantitative estimate of drug-likeness (QED) is 0.509. The maximum absolute atomic E-state index is 14.4. The van der Waals surface area contributed by atoms with E-state index >= 15 is 0 Å². The lowest BCUT2D eigenvalue weighted by Gasteiger charge is -2.29. The van der Waals surface area contributed by atoms with Crippen LogP contribution >= 0.6 is 0 Å². The van der Waals surface area contributed by atoms with Gasteiger partial charge < -0.3 is 4.90 Å². The van der Waals surface area contributed by atoms with Crippen molar-refractivity contribution in [2.45, 2.75) is 45.2 Å². The van der Waals surface area contributed by atoms with Crippen LogP contribution in [0.2, 0.25) is 0 Å². The van der Waals surface area contributed by atoms with E-state index in [9.17, 15) is 9.18 Å². The van der Waals surface area contributed by atoms with Crippen LogP contribution in [0.25, 0.3) is 16.6 Å². The van der Waals surface area contributed by atoms with E-state index in [1.165, 1.54) is 6.07 Å². The van der Waals surface area contributed by atoms with Crippen LogP contribution in [0.5, 0.6) is 0 Å². The molecular weight excluding hydrogens is 381 g/mol. The van der Waals surface area contributed by atoms with Gasteiger partial charge in [-0.25, -0.2) is 4.39 Å². The molecule has 0 unspecified atom stereocenters. The second-order valence-electron chi connectivity index (χ2n) is 7.95. The molecule has 0 spiro atoms. The average molecular weight is 403 g/mol. The molecule has 0 N–H and O–H groups in total. The molecule has 2 aromatic heterocycles. The first kappa shape index (κ1) is 18.7. The summed E-state index contributed by atoms with van der Waals surface area (Å²) < 4.78 is 16.1. The molecule has 2 aromatic carbocycles. The third-order valence-corrected chi connectivity index (χ3v) is 6.04. The lowest BCUT2D eigenvalue weighted by Crippen LogP contribution is -2.38. The van der Waals surface area contributed by atoms with Crippen LogP contribution in [-0.4, -0.2) is 36.9 Å². The summed E-state index contributed by atoms with van der Waals surface area (Å²) in [5.74, 6) is -0.774. The van der Waals surface area contributed by atoms with Gasteiger partial charge in [0.05, 0.1) is 17.6 Å². The van der Waals surface area contributed by atoms with Crippen molar-refractivity contribution in [3.05, 3.63) is 71.0 Å². The van der Waals surface area contributed by atoms with Crippen LogP contribution in [0.1, 0.15) is 47.2 Å². The highest BCUT2D eigenvalue weighted by atomic mass is 19.1. The van der Waals surface area contributed by atoms with Gasteiger partial charge in [-0.15, -0.1) is 5.10 Å². The van der Waals surface area contributed by atoms with Crippen molar-refractivity contribution in [1.82, 2.24) is 24.9 Å². The number of rotatable bonds is 4. The lowest BCUT2D eigenvalue weighted by molar-refractivity contribution is 0.0660. The highest BCUT2D eigenvalue weighted by Crippen LogP contribution is 2.29. The number of halogens is 1. The SMILES string of the molecule is Cc1cccc2cc(CN(C(=O)c3ccccc3F)C3CCCC3)c3nnnn3c12. The highest BCUT2D eigenvalue weighted by molar-refractivity contribution is 5.95. The maximum atomic E-state index is 14.4. The van der Waals surface area contributed by atoms with Gasteiger partial charge in [0.1, 0.15) is 5.82 Å². The summed E-state index contributed by atoms with van der Waals surface area (Å²) in [6, 6.07) is 14.4. The van der Waals surface area contributed by atoms with Gasteiger partial charge in [-0.3, -0.25) is 4.79 Å². The second kappa shape index (κ2) is 7.48. The topological polar surface area (TPSA) is 63.4 Å². The summed E-state index contributed by atoms with van der Waals surface area (Å²) in [5.41, 5.74) is 3.62. The number of aromatic nitrogens is 4. The van der Waals surface area contributed by atoms with Gasteiger partial charge in [-0.05, 0) is 54.0 Å². The minimum Gasteiger partial charge on any atom is -0.331 e. The van der Waals surface area contributed by atoms with E-state index in [0.29, 0.717) is 12.2 Å². The van der Waals surface area contributed by atoms with Gasteiger partial charge >= 0.3 is 0 Å². The molecule has 7 heteroatoms. The molecule has 5 rings (SSSR count). The Morgan fingerprint density at radius 1 is 1.17 bits per heavy atom. The van der Waals surface area contributed by atoms with E-state index in [4.69, 9.17) is 0 Å². The zero-order valence-corrected chi connectivity index (χ0v) is 16.8. The number of tetrazole rings is 1. The molecule has 1 fully saturated rings. The molecule has 1 saturated carbocycles. The molecule has 6 nitrogen and oxygen atoms in total. The summed E-state index contributed by atoms with van der Waals surface area (Å²) >= 11 is 0. The largest absolute Gasteiger partial charge is 0.331 e. The number of para-hydroxylation sites is 1. The molecule has 0 aliphatic heterocycles. The van der Waals surface area contributed by atoms with Crippen molar-refractivity contribution in [2.24, 2.45) is 0 Å². The van der Waals surface area contributed by atoms with Crippen LogP contribution in [0.4, 0.5) is 4.39 Å². The normalized spacial score (nSPS) is 14.6. The van der Waals surface area contributed by atoms with Crippen LogP contribution in [0, 0.1) is 12.7 Å². The molecule has 30 heavy (non-hydrogen) atoms. The van der Waals surface area contributed by atoms with E-state index in [0.717, 1.165) is 47.7 Å². The van der Waals surface area contributed by atoms with Crippen molar-refractivity contribution in [3.63, 3.8) is 0 Å². The van der Waals surface area contributed by atoms with E-state index in [1.807, 2.05) is 31.2 Å². The Morgan fingerprint density at radius 3 is 2.77 bits per heavy atom. The maximum Gasteiger partial charge on any atom is 0.257 e. The highest BCUT2D eigenvalue weighted by Gasteiger charge is 2.30. The minimum absolute atomic E-state index is 0.0845. The summed E-state index contributed by atoms with van der Waals surface area (Å²) in [5, 5.41) is 13.3. The average Bonchev–Trinajstić information content (AvgIpc) is 3.44. The summed E-state index contributed by atoms with van der Waals surface area (Å²) in [4.78, 5) is 15.2. The fourth-order valence-corrected chi connectivity index (χ4v) is 4.55. The Balaban J connectivity index is 1.61. The van der Waals surface area contributed by atoms with Crippen molar-refractivity contribution >= 4 is 22.5 Å². The Hall–Kier alpha value is -3.35. The Kier molecular flexibility index (Phi) is 4.65. The molecule has 1 aliphatic carbocycles. The summed E-state index contributed by atoms with van der Waals surface area (Å²) in [6.07, 6.45) is 4.00. The van der Waals surface area contributed by atoms with Crippen LogP contribution < -0.4 is 0 Å². The van der Waals surface area contributed by atoms with Gasteiger partial charge in [-0.1, -0.05) is 43.2 Å². The molecular formula is C23H22FN5O. The molecule has 4 aromatic rings. The molecule has 152 valence electrons. The smallest absolute Gasteiger partial charge is 0.257 e. The van der Waals surface area contributed by atoms with E-state index < -0.39 is 5.82 Å². The molecule has 0 bridgehead atoms. The lowest BCUT2D eigenvalue weighted by atomic mass is 10.1. The molecule has 0 saturated heterocycles. The zero-order valence-electron chi connectivity index (χ0n) is 16.8. The second-order valence-corrected chi connectivity index (χ2v) is 7.95. The number of nitrogens with zero attached hydrogens (tertiary/aromatic N) is 5. The molecule has 0 atom stereocenters. The number of hydrogen-bond donors (Lipinski definition) is 0. The number of fused-ring (bicyclic) bond motifs is 3. The summed E-state index contributed by atoms with van der Waals surface area (Å²) in [6.45, 7) is 2.36. The Labute approximate surface area is 173 Å². The zero-order chi connectivity index (χ0) is 20.7. The van der Waals surface area contributed by atoms with Crippen molar-refractivity contribution in [3.8, 4) is 0 Å². The third kappa shape index (κ3) is 3.10. The Morgan fingerprint density at radius 2 is 1.97 bits per heavy atom. The molecule has 0 radical (unpaired) electrons. The third-order valence-electron chi connectivity index (χ3n) is 6.04. The van der Waals surface area contributed by atoms with Crippen molar-refractivity contribution < 1.29 is 9.18 Å². The number of hydrogen-bond acceptors (Lipinski definition) is 4. The number of benzene rings is 2. The van der Waals surface area contributed by atoms with Crippen LogP contribution in [0.15, 0.2) is 48.5 Å². The number of aryl methyl sites for hydroxylation is 1. The van der Waals surface area contributed by atoms with Gasteiger partial charge in [0, 0.05) is 17.0 Å². The monoisotopic (exact) mass is 403 g/mol. The molecule has 1 amide bonds. The fraction of sp³-hybridized carbons (Fsp3) is 0.304. The first-order valence-corrected chi connectivity index (χ1v) is 10.3. The van der Waals surface area contributed by atoms with Crippen LogP contribution in [-0.2, 0) is 6.54 Å². The van der Waals surface area contributed by atoms with Gasteiger partial charge in [0.15, 0.2) is 5.65 Å². The van der Waals surface area contributed by atoms with E-state index in [1.54, 1.807) is 27.6 Å². The summed E-state index contributed by atoms with van der Waals surface area (Å²) in [7, 11) is 0. The number of pyridine rings is 1. The number of amides is 1. The molecule has 2 heterocycles.